The van der Waals surface area contributed by atoms with Crippen LogP contribution < -0.4 is 5.32 Å². The maximum atomic E-state index is 11.2. The molecule has 0 spiro atoms. The molecule has 3 nitrogen and oxygen atoms in total. The smallest absolute Gasteiger partial charge is 0.134 e. The topological polar surface area (TPSA) is 42.2 Å². The second-order valence-electron chi connectivity index (χ2n) is 5.65. The van der Waals surface area contributed by atoms with Crippen LogP contribution in [0.4, 0.5) is 0 Å². The number of aryl methyl sites for hydroxylation is 1. The van der Waals surface area contributed by atoms with Crippen molar-refractivity contribution < 1.29 is 8.63 Å². The fourth-order valence-corrected chi connectivity index (χ4v) is 3.45. The molecule has 0 amide bonds. The van der Waals surface area contributed by atoms with Crippen molar-refractivity contribution in [2.45, 2.75) is 45.7 Å². The fraction of sp³-hybridized carbons (Fsp3) is 0.529. The quantitative estimate of drug-likeness (QED) is 0.846. The maximum absolute atomic E-state index is 11.2. The number of benzene rings is 1. The molecule has 0 saturated carbocycles. The summed E-state index contributed by atoms with van der Waals surface area (Å²) in [6.45, 7) is 6.44. The van der Waals surface area contributed by atoms with Crippen molar-refractivity contribution in [2.75, 3.05) is 12.0 Å². The van der Waals surface area contributed by atoms with E-state index in [9.17, 15) is 4.21 Å². The van der Waals surface area contributed by atoms with E-state index in [0.29, 0.717) is 6.04 Å². The van der Waals surface area contributed by atoms with Crippen LogP contribution >= 0.6 is 0 Å². The van der Waals surface area contributed by atoms with Crippen molar-refractivity contribution in [1.29, 1.82) is 0 Å². The van der Waals surface area contributed by atoms with Crippen LogP contribution in [0.25, 0.3) is 11.0 Å². The number of hydrogen-bond donors (Lipinski definition) is 1. The number of furan rings is 1. The molecule has 21 heavy (non-hydrogen) atoms. The minimum atomic E-state index is -0.727. The molecule has 1 aromatic heterocycles. The van der Waals surface area contributed by atoms with Crippen molar-refractivity contribution in [3.63, 3.8) is 0 Å². The monoisotopic (exact) mass is 307 g/mol. The standard InChI is InChI=1S/C17H25NO2S/c1-5-14-15-8-6-7-9-16(15)20-17(14)13(3)18-12(2)10-11-21(4)19/h6-9,12-13,18H,5,10-11H2,1-4H3. The zero-order valence-corrected chi connectivity index (χ0v) is 14.1. The van der Waals surface area contributed by atoms with Gasteiger partial charge in [0.2, 0.25) is 0 Å². The molecule has 1 heterocycles. The molecule has 0 fully saturated rings. The highest BCUT2D eigenvalue weighted by Gasteiger charge is 2.19. The van der Waals surface area contributed by atoms with E-state index < -0.39 is 10.8 Å². The number of para-hydroxylation sites is 1. The van der Waals surface area contributed by atoms with Gasteiger partial charge in [-0.15, -0.1) is 0 Å². The van der Waals surface area contributed by atoms with Crippen LogP contribution in [0.3, 0.4) is 0 Å². The summed E-state index contributed by atoms with van der Waals surface area (Å²) in [7, 11) is -0.727. The molecule has 116 valence electrons. The molecular formula is C17H25NO2S. The summed E-state index contributed by atoms with van der Waals surface area (Å²) in [6.07, 6.45) is 3.63. The largest absolute Gasteiger partial charge is 0.459 e. The van der Waals surface area contributed by atoms with Gasteiger partial charge in [0.25, 0.3) is 0 Å². The van der Waals surface area contributed by atoms with E-state index in [-0.39, 0.29) is 6.04 Å². The summed E-state index contributed by atoms with van der Waals surface area (Å²) in [5, 5.41) is 4.77. The van der Waals surface area contributed by atoms with Gasteiger partial charge in [0.05, 0.1) is 6.04 Å². The molecule has 0 aliphatic carbocycles. The average molecular weight is 307 g/mol. The number of hydrogen-bond acceptors (Lipinski definition) is 3. The SMILES string of the molecule is CCc1c(C(C)NC(C)CCS(C)=O)oc2ccccc12. The van der Waals surface area contributed by atoms with E-state index in [1.54, 1.807) is 6.26 Å². The van der Waals surface area contributed by atoms with E-state index in [1.165, 1.54) is 10.9 Å². The summed E-state index contributed by atoms with van der Waals surface area (Å²) in [4.78, 5) is 0. The fourth-order valence-electron chi connectivity index (χ4n) is 2.76. The van der Waals surface area contributed by atoms with Crippen LogP contribution in [-0.2, 0) is 17.2 Å². The van der Waals surface area contributed by atoms with E-state index in [0.717, 1.165) is 29.9 Å². The third-order valence-electron chi connectivity index (χ3n) is 3.85. The van der Waals surface area contributed by atoms with Gasteiger partial charge in [0.1, 0.15) is 11.3 Å². The van der Waals surface area contributed by atoms with Gasteiger partial charge in [0, 0.05) is 39.8 Å². The zero-order valence-electron chi connectivity index (χ0n) is 13.3. The van der Waals surface area contributed by atoms with Crippen molar-refractivity contribution in [3.05, 3.63) is 35.6 Å². The number of rotatable bonds is 7. The summed E-state index contributed by atoms with van der Waals surface area (Å²) >= 11 is 0. The predicted molar refractivity (Wildman–Crippen MR) is 90.2 cm³/mol. The highest BCUT2D eigenvalue weighted by atomic mass is 32.2. The predicted octanol–water partition coefficient (Wildman–Crippen LogP) is 3.80. The van der Waals surface area contributed by atoms with Gasteiger partial charge in [-0.1, -0.05) is 25.1 Å². The van der Waals surface area contributed by atoms with Crippen molar-refractivity contribution in [3.8, 4) is 0 Å². The Balaban J connectivity index is 2.15. The van der Waals surface area contributed by atoms with Crippen LogP contribution in [0.2, 0.25) is 0 Å². The van der Waals surface area contributed by atoms with Crippen LogP contribution in [0.5, 0.6) is 0 Å². The van der Waals surface area contributed by atoms with Crippen molar-refractivity contribution in [2.24, 2.45) is 0 Å². The second kappa shape index (κ2) is 7.23. The normalized spacial score (nSPS) is 16.0. The van der Waals surface area contributed by atoms with Gasteiger partial charge in [-0.25, -0.2) is 0 Å². The molecule has 2 rings (SSSR count). The van der Waals surface area contributed by atoms with E-state index >= 15 is 0 Å². The molecule has 0 radical (unpaired) electrons. The third-order valence-corrected chi connectivity index (χ3v) is 4.66. The molecule has 0 saturated heterocycles. The lowest BCUT2D eigenvalue weighted by atomic mass is 10.0. The van der Waals surface area contributed by atoms with Gasteiger partial charge in [-0.05, 0) is 32.8 Å². The van der Waals surface area contributed by atoms with Gasteiger partial charge in [0.15, 0.2) is 0 Å². The molecule has 4 heteroatoms. The first kappa shape index (κ1) is 16.2. The summed E-state index contributed by atoms with van der Waals surface area (Å²) < 4.78 is 17.2. The summed E-state index contributed by atoms with van der Waals surface area (Å²) in [5.41, 5.74) is 2.25. The molecule has 2 aromatic rings. The van der Waals surface area contributed by atoms with Crippen molar-refractivity contribution >= 4 is 21.8 Å². The van der Waals surface area contributed by atoms with E-state index in [2.05, 4.69) is 38.2 Å². The Kier molecular flexibility index (Phi) is 5.59. The Morgan fingerprint density at radius 2 is 2.00 bits per heavy atom. The number of fused-ring (bicyclic) bond motifs is 1. The van der Waals surface area contributed by atoms with Crippen LogP contribution in [0.1, 0.15) is 44.6 Å². The summed E-state index contributed by atoms with van der Waals surface area (Å²) in [6, 6.07) is 8.69. The third kappa shape index (κ3) is 3.95. The molecule has 0 aliphatic heterocycles. The highest BCUT2D eigenvalue weighted by Crippen LogP contribution is 2.30. The Hall–Kier alpha value is -1.13. The summed E-state index contributed by atoms with van der Waals surface area (Å²) in [5.74, 6) is 1.77. The van der Waals surface area contributed by atoms with Crippen LogP contribution in [0.15, 0.2) is 28.7 Å². The molecule has 0 bridgehead atoms. The van der Waals surface area contributed by atoms with E-state index in [4.69, 9.17) is 4.42 Å². The van der Waals surface area contributed by atoms with Crippen molar-refractivity contribution in [1.82, 2.24) is 5.32 Å². The minimum absolute atomic E-state index is 0.160. The first-order valence-electron chi connectivity index (χ1n) is 7.59. The molecule has 1 aromatic carbocycles. The Morgan fingerprint density at radius 1 is 1.29 bits per heavy atom. The highest BCUT2D eigenvalue weighted by molar-refractivity contribution is 7.84. The first-order valence-corrected chi connectivity index (χ1v) is 9.32. The Morgan fingerprint density at radius 3 is 2.67 bits per heavy atom. The second-order valence-corrected chi connectivity index (χ2v) is 7.20. The average Bonchev–Trinajstić information content (AvgIpc) is 2.83. The lowest BCUT2D eigenvalue weighted by Gasteiger charge is -2.19. The minimum Gasteiger partial charge on any atom is -0.459 e. The molecule has 3 unspecified atom stereocenters. The molecule has 0 aliphatic rings. The van der Waals surface area contributed by atoms with Gasteiger partial charge in [-0.2, -0.15) is 0 Å². The van der Waals surface area contributed by atoms with Crippen LogP contribution in [-0.4, -0.2) is 22.3 Å². The Labute approximate surface area is 129 Å². The van der Waals surface area contributed by atoms with Gasteiger partial charge < -0.3 is 9.73 Å². The molecule has 1 N–H and O–H groups in total. The van der Waals surface area contributed by atoms with Gasteiger partial charge in [-0.3, -0.25) is 4.21 Å². The molecule has 3 atom stereocenters. The Bertz CT molecular complexity index is 620. The maximum Gasteiger partial charge on any atom is 0.134 e. The van der Waals surface area contributed by atoms with E-state index in [1.807, 2.05) is 12.1 Å². The lowest BCUT2D eigenvalue weighted by Crippen LogP contribution is -2.30. The zero-order chi connectivity index (χ0) is 15.4. The number of nitrogens with one attached hydrogen (secondary N) is 1. The first-order chi connectivity index (χ1) is 10.0. The lowest BCUT2D eigenvalue weighted by molar-refractivity contribution is 0.403. The van der Waals surface area contributed by atoms with Gasteiger partial charge >= 0.3 is 0 Å². The van der Waals surface area contributed by atoms with Crippen LogP contribution in [0, 0.1) is 0 Å². The molecular weight excluding hydrogens is 282 g/mol.